The molecule has 0 aromatic heterocycles. The highest BCUT2D eigenvalue weighted by atomic mass is 79.9. The number of amides is 2. The Morgan fingerprint density at radius 2 is 2.13 bits per heavy atom. The van der Waals surface area contributed by atoms with E-state index < -0.39 is 12.6 Å². The van der Waals surface area contributed by atoms with Crippen LogP contribution in [0.3, 0.4) is 0 Å². The van der Waals surface area contributed by atoms with E-state index >= 15 is 0 Å². The van der Waals surface area contributed by atoms with Gasteiger partial charge in [0.15, 0.2) is 18.1 Å². The smallest absolute Gasteiger partial charge is 0.341 e. The molecule has 1 aliphatic heterocycles. The number of carbonyl (C=O) groups excluding carboxylic acids is 2. The molecule has 7 nitrogen and oxygen atoms in total. The fourth-order valence-electron chi connectivity index (χ4n) is 1.79. The van der Waals surface area contributed by atoms with Gasteiger partial charge in [-0.3, -0.25) is 14.5 Å². The summed E-state index contributed by atoms with van der Waals surface area (Å²) in [4.78, 5) is 35.3. The van der Waals surface area contributed by atoms with Crippen molar-refractivity contribution in [3.63, 3.8) is 0 Å². The van der Waals surface area contributed by atoms with Crippen molar-refractivity contribution in [1.29, 1.82) is 0 Å². The van der Waals surface area contributed by atoms with E-state index in [4.69, 9.17) is 14.6 Å². The highest BCUT2D eigenvalue weighted by molar-refractivity contribution is 9.10. The number of hydrogen-bond donors (Lipinski definition) is 1. The molecule has 0 bridgehead atoms. The molecule has 1 fully saturated rings. The molecular formula is C14H12BrNO6S. The third kappa shape index (κ3) is 3.85. The standard InChI is InChI=1S/C14H12BrNO6S/c1-16-13(19)10(23-14(16)20)5-7-3-8(15)12(9(4-7)21-2)22-6-11(17)18/h3-5H,6H2,1-2H3,(H,17,18)/b10-5-. The maximum atomic E-state index is 11.9. The topological polar surface area (TPSA) is 93.1 Å². The molecule has 0 aliphatic carbocycles. The Labute approximate surface area is 144 Å². The summed E-state index contributed by atoms with van der Waals surface area (Å²) in [7, 11) is 2.83. The molecule has 23 heavy (non-hydrogen) atoms. The van der Waals surface area contributed by atoms with Crippen LogP contribution in [0.5, 0.6) is 11.5 Å². The zero-order valence-corrected chi connectivity index (χ0v) is 14.6. The van der Waals surface area contributed by atoms with E-state index in [1.54, 1.807) is 18.2 Å². The van der Waals surface area contributed by atoms with E-state index in [-0.39, 0.29) is 16.9 Å². The van der Waals surface area contributed by atoms with Crippen LogP contribution in [0.4, 0.5) is 4.79 Å². The predicted molar refractivity (Wildman–Crippen MR) is 87.6 cm³/mol. The summed E-state index contributed by atoms with van der Waals surface area (Å²) >= 11 is 4.13. The van der Waals surface area contributed by atoms with Crippen molar-refractivity contribution in [3.05, 3.63) is 27.1 Å². The van der Waals surface area contributed by atoms with Crippen molar-refractivity contribution in [2.45, 2.75) is 0 Å². The lowest BCUT2D eigenvalue weighted by atomic mass is 10.2. The van der Waals surface area contributed by atoms with Crippen LogP contribution in [0.2, 0.25) is 0 Å². The van der Waals surface area contributed by atoms with Crippen molar-refractivity contribution in [2.75, 3.05) is 20.8 Å². The number of ether oxygens (including phenoxy) is 2. The number of imide groups is 1. The van der Waals surface area contributed by atoms with Gasteiger partial charge in [-0.1, -0.05) is 0 Å². The Kier molecular flexibility index (Phi) is 5.32. The van der Waals surface area contributed by atoms with E-state index in [9.17, 15) is 14.4 Å². The number of benzene rings is 1. The van der Waals surface area contributed by atoms with E-state index in [0.717, 1.165) is 16.7 Å². The number of likely N-dealkylation sites (N-methyl/N-ethyl adjacent to an activating group) is 1. The number of methoxy groups -OCH3 is 1. The second kappa shape index (κ2) is 7.05. The Balaban J connectivity index is 2.35. The first-order valence-corrected chi connectivity index (χ1v) is 7.88. The van der Waals surface area contributed by atoms with Crippen LogP contribution >= 0.6 is 27.7 Å². The normalized spacial score (nSPS) is 16.1. The van der Waals surface area contributed by atoms with Gasteiger partial charge in [0.1, 0.15) is 0 Å². The number of carboxylic acids is 1. The Morgan fingerprint density at radius 3 is 2.65 bits per heavy atom. The van der Waals surface area contributed by atoms with Crippen LogP contribution in [-0.2, 0) is 9.59 Å². The largest absolute Gasteiger partial charge is 0.493 e. The van der Waals surface area contributed by atoms with Crippen LogP contribution in [0.15, 0.2) is 21.5 Å². The fraction of sp³-hybridized carbons (Fsp3) is 0.214. The third-order valence-corrected chi connectivity index (χ3v) is 4.43. The zero-order chi connectivity index (χ0) is 17.1. The maximum Gasteiger partial charge on any atom is 0.341 e. The molecular weight excluding hydrogens is 390 g/mol. The Bertz CT molecular complexity index is 717. The first-order valence-electron chi connectivity index (χ1n) is 6.27. The van der Waals surface area contributed by atoms with Gasteiger partial charge in [0.2, 0.25) is 0 Å². The Hall–Kier alpha value is -2.00. The molecule has 0 atom stereocenters. The van der Waals surface area contributed by atoms with Crippen LogP contribution < -0.4 is 9.47 Å². The van der Waals surface area contributed by atoms with Gasteiger partial charge >= 0.3 is 5.97 Å². The fourth-order valence-corrected chi connectivity index (χ4v) is 3.20. The first kappa shape index (κ1) is 17.4. The average molecular weight is 402 g/mol. The molecule has 1 aromatic rings. The van der Waals surface area contributed by atoms with Crippen molar-refractivity contribution < 1.29 is 29.0 Å². The summed E-state index contributed by atoms with van der Waals surface area (Å²) in [5.41, 5.74) is 0.607. The molecule has 2 amide bonds. The van der Waals surface area contributed by atoms with E-state index in [1.165, 1.54) is 14.2 Å². The molecule has 1 heterocycles. The Morgan fingerprint density at radius 1 is 1.43 bits per heavy atom. The molecule has 0 radical (unpaired) electrons. The van der Waals surface area contributed by atoms with Gasteiger partial charge in [-0.25, -0.2) is 4.79 Å². The minimum absolute atomic E-state index is 0.246. The molecule has 1 N–H and O–H groups in total. The zero-order valence-electron chi connectivity index (χ0n) is 12.2. The highest BCUT2D eigenvalue weighted by Crippen LogP contribution is 2.38. The summed E-state index contributed by atoms with van der Waals surface area (Å²) in [5.74, 6) is -0.931. The van der Waals surface area contributed by atoms with Crippen LogP contribution in [0, 0.1) is 0 Å². The first-order chi connectivity index (χ1) is 10.8. The van der Waals surface area contributed by atoms with Gasteiger partial charge in [0.05, 0.1) is 16.5 Å². The van der Waals surface area contributed by atoms with E-state index in [1.807, 2.05) is 0 Å². The predicted octanol–water partition coefficient (Wildman–Crippen LogP) is 2.59. The van der Waals surface area contributed by atoms with Crippen molar-refractivity contribution in [3.8, 4) is 11.5 Å². The van der Waals surface area contributed by atoms with Crippen molar-refractivity contribution in [1.82, 2.24) is 4.90 Å². The van der Waals surface area contributed by atoms with E-state index in [0.29, 0.717) is 20.7 Å². The minimum Gasteiger partial charge on any atom is -0.493 e. The SMILES string of the molecule is COc1cc(/C=C2\SC(=O)N(C)C2=O)cc(Br)c1OCC(=O)O. The second-order valence-corrected chi connectivity index (χ2v) is 6.30. The van der Waals surface area contributed by atoms with Gasteiger partial charge < -0.3 is 14.6 Å². The van der Waals surface area contributed by atoms with Gasteiger partial charge in [-0.2, -0.15) is 0 Å². The molecule has 1 saturated heterocycles. The summed E-state index contributed by atoms with van der Waals surface area (Å²) in [6.07, 6.45) is 1.56. The molecule has 9 heteroatoms. The monoisotopic (exact) mass is 401 g/mol. The molecule has 2 rings (SSSR count). The van der Waals surface area contributed by atoms with Crippen LogP contribution in [0.25, 0.3) is 6.08 Å². The number of thioether (sulfide) groups is 1. The number of carboxylic acid groups (broad SMARTS) is 1. The number of aliphatic carboxylic acids is 1. The molecule has 1 aromatic carbocycles. The van der Waals surface area contributed by atoms with Gasteiger partial charge in [0, 0.05) is 7.05 Å². The summed E-state index contributed by atoms with van der Waals surface area (Å²) in [6, 6.07) is 3.23. The maximum absolute atomic E-state index is 11.9. The van der Waals surface area contributed by atoms with Crippen molar-refractivity contribution in [2.24, 2.45) is 0 Å². The van der Waals surface area contributed by atoms with Crippen LogP contribution in [-0.4, -0.2) is 47.9 Å². The van der Waals surface area contributed by atoms with Gasteiger partial charge in [-0.05, 0) is 51.5 Å². The quantitative estimate of drug-likeness (QED) is 0.757. The average Bonchev–Trinajstić information content (AvgIpc) is 2.72. The lowest BCUT2D eigenvalue weighted by molar-refractivity contribution is -0.139. The van der Waals surface area contributed by atoms with Gasteiger partial charge in [0.25, 0.3) is 11.1 Å². The number of nitrogens with zero attached hydrogens (tertiary/aromatic N) is 1. The van der Waals surface area contributed by atoms with E-state index in [2.05, 4.69) is 15.9 Å². The van der Waals surface area contributed by atoms with Crippen molar-refractivity contribution >= 4 is 50.9 Å². The molecule has 1 aliphatic rings. The van der Waals surface area contributed by atoms with Gasteiger partial charge in [-0.15, -0.1) is 0 Å². The molecule has 0 unspecified atom stereocenters. The number of halogens is 1. The highest BCUT2D eigenvalue weighted by Gasteiger charge is 2.31. The summed E-state index contributed by atoms with van der Waals surface area (Å²) in [5, 5.41) is 8.35. The second-order valence-electron chi connectivity index (χ2n) is 4.46. The minimum atomic E-state index is -1.11. The lowest BCUT2D eigenvalue weighted by Crippen LogP contribution is -2.22. The lowest BCUT2D eigenvalue weighted by Gasteiger charge is -2.12. The molecule has 0 spiro atoms. The number of carbonyl (C=O) groups is 3. The third-order valence-electron chi connectivity index (χ3n) is 2.88. The number of hydrogen-bond acceptors (Lipinski definition) is 6. The van der Waals surface area contributed by atoms with Crippen LogP contribution in [0.1, 0.15) is 5.56 Å². The summed E-state index contributed by atoms with van der Waals surface area (Å²) in [6.45, 7) is -0.511. The number of rotatable bonds is 5. The molecule has 0 saturated carbocycles. The molecule has 122 valence electrons. The summed E-state index contributed by atoms with van der Waals surface area (Å²) < 4.78 is 10.8.